The summed E-state index contributed by atoms with van der Waals surface area (Å²) in [6, 6.07) is 16.3. The number of methoxy groups -OCH3 is 2. The van der Waals surface area contributed by atoms with Gasteiger partial charge in [-0.1, -0.05) is 60.6 Å². The zero-order valence-corrected chi connectivity index (χ0v) is 24.7. The highest BCUT2D eigenvalue weighted by Gasteiger charge is 2.19. The lowest BCUT2D eigenvalue weighted by Crippen LogP contribution is -2.33. The van der Waals surface area contributed by atoms with Gasteiger partial charge in [0.1, 0.15) is 5.84 Å². The molecule has 0 unspecified atom stereocenters. The number of halogens is 1. The monoisotopic (exact) mass is 583 g/mol. The predicted molar refractivity (Wildman–Crippen MR) is 167 cm³/mol. The molecule has 1 aliphatic heterocycles. The third-order valence-electron chi connectivity index (χ3n) is 7.41. The third-order valence-corrected chi connectivity index (χ3v) is 7.81. The van der Waals surface area contributed by atoms with E-state index in [0.717, 1.165) is 64.2 Å². The van der Waals surface area contributed by atoms with Gasteiger partial charge in [0.05, 0.1) is 36.8 Å². The summed E-state index contributed by atoms with van der Waals surface area (Å²) >= 11 is 7.06. The van der Waals surface area contributed by atoms with Crippen LogP contribution in [0.25, 0.3) is 33.6 Å². The summed E-state index contributed by atoms with van der Waals surface area (Å²) in [6.07, 6.45) is 3.70. The maximum atomic E-state index is 7.72. The van der Waals surface area contributed by atoms with E-state index in [1.54, 1.807) is 13.3 Å². The number of amidine groups is 1. The summed E-state index contributed by atoms with van der Waals surface area (Å²) in [7, 11) is 3.11. The Morgan fingerprint density at radius 1 is 1.02 bits per heavy atom. The minimum atomic E-state index is -0.206. The lowest BCUT2D eigenvalue weighted by atomic mass is 9.93. The van der Waals surface area contributed by atoms with Gasteiger partial charge in [-0.3, -0.25) is 5.41 Å². The Hall–Kier alpha value is -4.47. The Morgan fingerprint density at radius 3 is 2.40 bits per heavy atom. The van der Waals surface area contributed by atoms with E-state index < -0.39 is 0 Å². The normalized spacial score (nSPS) is 14.5. The SMILES string of the molecule is C=C1CC[C@@H](CNCc2ccc(-c3cccc(-c4cccc(-c5cnc(C(=N)N)c(OC)n5)c4C)c3Cl)nc2OC)N1. The summed E-state index contributed by atoms with van der Waals surface area (Å²) < 4.78 is 11.0. The van der Waals surface area contributed by atoms with Crippen LogP contribution in [0.2, 0.25) is 5.02 Å². The summed E-state index contributed by atoms with van der Waals surface area (Å²) in [5.74, 6) is 0.553. The zero-order valence-electron chi connectivity index (χ0n) is 23.9. The third kappa shape index (κ3) is 5.93. The average Bonchev–Trinajstić information content (AvgIpc) is 3.42. The molecule has 5 rings (SSSR count). The maximum Gasteiger partial charge on any atom is 0.244 e. The van der Waals surface area contributed by atoms with Gasteiger partial charge in [0.15, 0.2) is 5.69 Å². The first-order valence-corrected chi connectivity index (χ1v) is 14.0. The van der Waals surface area contributed by atoms with Crippen molar-refractivity contribution in [2.75, 3.05) is 20.8 Å². The topological polar surface area (TPSA) is 131 Å². The summed E-state index contributed by atoms with van der Waals surface area (Å²) in [4.78, 5) is 13.7. The van der Waals surface area contributed by atoms with Crippen LogP contribution in [0.5, 0.6) is 11.8 Å². The number of pyridine rings is 1. The number of hydrogen-bond donors (Lipinski definition) is 4. The van der Waals surface area contributed by atoms with Crippen molar-refractivity contribution in [3.05, 3.63) is 88.8 Å². The minimum Gasteiger partial charge on any atom is -0.481 e. The molecule has 1 atom stereocenters. The van der Waals surface area contributed by atoms with Crippen LogP contribution in [-0.4, -0.2) is 47.6 Å². The van der Waals surface area contributed by atoms with Crippen molar-refractivity contribution < 1.29 is 9.47 Å². The lowest BCUT2D eigenvalue weighted by Gasteiger charge is -2.16. The van der Waals surface area contributed by atoms with E-state index in [1.807, 2.05) is 55.5 Å². The Kier molecular flexibility index (Phi) is 8.70. The van der Waals surface area contributed by atoms with E-state index in [-0.39, 0.29) is 17.4 Å². The molecule has 0 saturated carbocycles. The fourth-order valence-electron chi connectivity index (χ4n) is 5.22. The molecule has 2 aromatic carbocycles. The van der Waals surface area contributed by atoms with Crippen LogP contribution in [0.4, 0.5) is 0 Å². The quantitative estimate of drug-likeness (QED) is 0.142. The Labute approximate surface area is 250 Å². The van der Waals surface area contributed by atoms with E-state index in [9.17, 15) is 0 Å². The molecule has 4 aromatic rings. The molecule has 1 aliphatic rings. The number of allylic oxidation sites excluding steroid dienone is 1. The van der Waals surface area contributed by atoms with E-state index in [1.165, 1.54) is 7.11 Å². The molecule has 10 heteroatoms. The van der Waals surface area contributed by atoms with Gasteiger partial charge in [0.2, 0.25) is 11.8 Å². The number of nitrogen functional groups attached to an aromatic ring is 1. The fourth-order valence-corrected chi connectivity index (χ4v) is 5.54. The molecule has 0 aliphatic carbocycles. The molecule has 0 radical (unpaired) electrons. The number of nitrogens with one attached hydrogen (secondary N) is 3. The van der Waals surface area contributed by atoms with Crippen LogP contribution in [0.3, 0.4) is 0 Å². The zero-order chi connectivity index (χ0) is 29.8. The second kappa shape index (κ2) is 12.6. The van der Waals surface area contributed by atoms with Crippen LogP contribution in [0.15, 0.2) is 67.0 Å². The molecule has 5 N–H and O–H groups in total. The van der Waals surface area contributed by atoms with Crippen LogP contribution in [0, 0.1) is 12.3 Å². The van der Waals surface area contributed by atoms with E-state index in [2.05, 4.69) is 27.2 Å². The molecule has 9 nitrogen and oxygen atoms in total. The largest absolute Gasteiger partial charge is 0.481 e. The van der Waals surface area contributed by atoms with Crippen molar-refractivity contribution in [3.63, 3.8) is 0 Å². The second-order valence-corrected chi connectivity index (χ2v) is 10.5. The van der Waals surface area contributed by atoms with Crippen molar-refractivity contribution in [1.82, 2.24) is 25.6 Å². The first-order chi connectivity index (χ1) is 20.3. The fraction of sp³-hybridized carbons (Fsp3) is 0.250. The summed E-state index contributed by atoms with van der Waals surface area (Å²) in [5, 5.41) is 15.2. The molecule has 216 valence electrons. The van der Waals surface area contributed by atoms with Crippen LogP contribution < -0.4 is 25.8 Å². The summed E-state index contributed by atoms with van der Waals surface area (Å²) in [5.41, 5.74) is 13.7. The molecule has 2 aromatic heterocycles. The van der Waals surface area contributed by atoms with Gasteiger partial charge in [-0.05, 0) is 37.0 Å². The average molecular weight is 584 g/mol. The van der Waals surface area contributed by atoms with Gasteiger partial charge in [0.25, 0.3) is 0 Å². The number of aromatic nitrogens is 3. The molecule has 0 spiro atoms. The highest BCUT2D eigenvalue weighted by Crippen LogP contribution is 2.40. The van der Waals surface area contributed by atoms with E-state index >= 15 is 0 Å². The van der Waals surface area contributed by atoms with Gasteiger partial charge < -0.3 is 25.8 Å². The first kappa shape index (κ1) is 29.0. The molecule has 0 amide bonds. The van der Waals surface area contributed by atoms with Crippen molar-refractivity contribution in [3.8, 4) is 45.4 Å². The Balaban J connectivity index is 1.43. The molecule has 1 saturated heterocycles. The smallest absolute Gasteiger partial charge is 0.244 e. The van der Waals surface area contributed by atoms with Crippen molar-refractivity contribution >= 4 is 17.4 Å². The molecule has 1 fully saturated rings. The van der Waals surface area contributed by atoms with Crippen LogP contribution in [0.1, 0.15) is 29.7 Å². The Bertz CT molecular complexity index is 1660. The second-order valence-electron chi connectivity index (χ2n) is 10.2. The van der Waals surface area contributed by atoms with E-state index in [4.69, 9.17) is 37.2 Å². The van der Waals surface area contributed by atoms with Crippen LogP contribution >= 0.6 is 11.6 Å². The molecule has 42 heavy (non-hydrogen) atoms. The van der Waals surface area contributed by atoms with Gasteiger partial charge >= 0.3 is 0 Å². The number of nitrogens with zero attached hydrogens (tertiary/aromatic N) is 3. The predicted octanol–water partition coefficient (Wildman–Crippen LogP) is 5.49. The van der Waals surface area contributed by atoms with Crippen molar-refractivity contribution in [2.24, 2.45) is 5.73 Å². The molecular weight excluding hydrogens is 550 g/mol. The summed E-state index contributed by atoms with van der Waals surface area (Å²) in [6.45, 7) is 7.50. The molecule has 0 bridgehead atoms. The standard InChI is InChI=1S/C32H34ClN7O2/c1-18-11-13-21(38-18)16-36-15-20-12-14-26(39-31(20)41-3)25-10-6-9-24(28(25)33)22-7-5-8-23(19(22)2)27-17-37-29(30(34)35)32(40-27)42-4/h5-10,12,14,17,21,36,38H,1,11,13,15-16H2,2-4H3,(H3,34,35)/t21-/m0/s1. The Morgan fingerprint density at radius 2 is 1.71 bits per heavy atom. The number of rotatable bonds is 10. The highest BCUT2D eigenvalue weighted by molar-refractivity contribution is 6.36. The number of benzene rings is 2. The number of ether oxygens (including phenoxy) is 2. The van der Waals surface area contributed by atoms with E-state index in [0.29, 0.717) is 29.2 Å². The van der Waals surface area contributed by atoms with Crippen molar-refractivity contribution in [2.45, 2.75) is 32.4 Å². The first-order valence-electron chi connectivity index (χ1n) is 13.6. The lowest BCUT2D eigenvalue weighted by molar-refractivity contribution is 0.390. The number of hydrogen-bond acceptors (Lipinski definition) is 8. The van der Waals surface area contributed by atoms with Gasteiger partial charge in [0, 0.05) is 47.1 Å². The number of nitrogens with two attached hydrogens (primary N) is 1. The molecule has 3 heterocycles. The van der Waals surface area contributed by atoms with Gasteiger partial charge in [-0.15, -0.1) is 0 Å². The van der Waals surface area contributed by atoms with Crippen LogP contribution in [-0.2, 0) is 6.54 Å². The highest BCUT2D eigenvalue weighted by atomic mass is 35.5. The van der Waals surface area contributed by atoms with Gasteiger partial charge in [-0.2, -0.15) is 0 Å². The maximum absolute atomic E-state index is 7.72. The van der Waals surface area contributed by atoms with Crippen molar-refractivity contribution in [1.29, 1.82) is 5.41 Å². The van der Waals surface area contributed by atoms with Gasteiger partial charge in [-0.25, -0.2) is 15.0 Å². The molecular formula is C32H34ClN7O2. The minimum absolute atomic E-state index is 0.199.